The van der Waals surface area contributed by atoms with Gasteiger partial charge in [-0.3, -0.25) is 0 Å². The summed E-state index contributed by atoms with van der Waals surface area (Å²) in [5, 5.41) is 0. The Bertz CT molecular complexity index is 358. The van der Waals surface area contributed by atoms with Crippen LogP contribution in [0.15, 0.2) is 6.20 Å². The molecule has 0 unspecified atom stereocenters. The zero-order valence-corrected chi connectivity index (χ0v) is 8.55. The first-order chi connectivity index (χ1) is 5.90. The molecule has 1 aromatic rings. The molecule has 0 aromatic carbocycles. The lowest BCUT2D eigenvalue weighted by Gasteiger charge is -2.07. The van der Waals surface area contributed by atoms with Crippen LogP contribution in [-0.2, 0) is 7.05 Å². The van der Waals surface area contributed by atoms with Gasteiger partial charge in [0, 0.05) is 7.05 Å². The van der Waals surface area contributed by atoms with Crippen molar-refractivity contribution in [2.45, 2.75) is 26.3 Å². The molecule has 0 bridgehead atoms. The summed E-state index contributed by atoms with van der Waals surface area (Å²) < 4.78 is 1.94. The molecule has 0 amide bonds. The predicted molar refractivity (Wildman–Crippen MR) is 53.1 cm³/mol. The van der Waals surface area contributed by atoms with Crippen LogP contribution in [0.3, 0.4) is 0 Å². The fourth-order valence-electron chi connectivity index (χ4n) is 0.843. The number of rotatable bonds is 0. The molecule has 0 aliphatic rings. The second-order valence-electron chi connectivity index (χ2n) is 3.72. The molecule has 1 rings (SSSR count). The molecule has 3 nitrogen and oxygen atoms in total. The fourth-order valence-corrected chi connectivity index (χ4v) is 0.843. The van der Waals surface area contributed by atoms with Gasteiger partial charge in [-0.1, -0.05) is 5.92 Å². The molecule has 1 heterocycles. The minimum Gasteiger partial charge on any atom is -0.325 e. The van der Waals surface area contributed by atoms with E-state index < -0.39 is 5.54 Å². The van der Waals surface area contributed by atoms with Crippen molar-refractivity contribution in [3.63, 3.8) is 0 Å². The zero-order valence-electron chi connectivity index (χ0n) is 8.55. The molecular weight excluding hydrogens is 162 g/mol. The average Bonchev–Trinajstić information content (AvgIpc) is 2.29. The maximum absolute atomic E-state index is 5.74. The predicted octanol–water partition coefficient (Wildman–Crippen LogP) is 0.817. The van der Waals surface area contributed by atoms with Crippen LogP contribution < -0.4 is 5.73 Å². The van der Waals surface area contributed by atoms with Crippen molar-refractivity contribution in [2.24, 2.45) is 12.8 Å². The van der Waals surface area contributed by atoms with Crippen molar-refractivity contribution in [1.29, 1.82) is 0 Å². The summed E-state index contributed by atoms with van der Waals surface area (Å²) in [5.41, 5.74) is 6.19. The molecule has 3 heteroatoms. The minimum atomic E-state index is -0.446. The molecule has 0 atom stereocenters. The number of nitrogens with zero attached hydrogens (tertiary/aromatic N) is 2. The zero-order chi connectivity index (χ0) is 10.1. The maximum atomic E-state index is 5.74. The first-order valence-corrected chi connectivity index (χ1v) is 4.20. The van der Waals surface area contributed by atoms with Gasteiger partial charge < -0.3 is 10.3 Å². The third-order valence-corrected chi connectivity index (χ3v) is 1.73. The molecule has 0 spiro atoms. The van der Waals surface area contributed by atoms with Crippen LogP contribution in [0.4, 0.5) is 0 Å². The van der Waals surface area contributed by atoms with E-state index in [4.69, 9.17) is 5.73 Å². The Morgan fingerprint density at radius 3 is 2.54 bits per heavy atom. The highest BCUT2D eigenvalue weighted by molar-refractivity contribution is 5.30. The van der Waals surface area contributed by atoms with Crippen molar-refractivity contribution in [2.75, 3.05) is 0 Å². The van der Waals surface area contributed by atoms with E-state index in [9.17, 15) is 0 Å². The third kappa shape index (κ3) is 2.60. The summed E-state index contributed by atoms with van der Waals surface area (Å²) in [5.74, 6) is 6.92. The van der Waals surface area contributed by atoms with E-state index in [0.29, 0.717) is 0 Å². The lowest BCUT2D eigenvalue weighted by molar-refractivity contribution is 0.680. The number of nitrogens with two attached hydrogens (primary N) is 1. The Balaban J connectivity index is 2.97. The van der Waals surface area contributed by atoms with E-state index in [1.807, 2.05) is 32.4 Å². The quantitative estimate of drug-likeness (QED) is 0.596. The third-order valence-electron chi connectivity index (χ3n) is 1.73. The van der Waals surface area contributed by atoms with Crippen LogP contribution in [-0.4, -0.2) is 15.1 Å². The van der Waals surface area contributed by atoms with Gasteiger partial charge in [0.2, 0.25) is 0 Å². The first-order valence-electron chi connectivity index (χ1n) is 4.20. The van der Waals surface area contributed by atoms with E-state index in [2.05, 4.69) is 16.8 Å². The summed E-state index contributed by atoms with van der Waals surface area (Å²) in [4.78, 5) is 4.14. The fraction of sp³-hybridized carbons (Fsp3) is 0.500. The Kier molecular flexibility index (Phi) is 2.44. The molecule has 0 fully saturated rings. The molecule has 1 aromatic heterocycles. The molecule has 70 valence electrons. The van der Waals surface area contributed by atoms with Gasteiger partial charge in [-0.15, -0.1) is 0 Å². The smallest absolute Gasteiger partial charge is 0.112 e. The lowest BCUT2D eigenvalue weighted by Crippen LogP contribution is -2.29. The molecule has 0 radical (unpaired) electrons. The Labute approximate surface area is 79.0 Å². The van der Waals surface area contributed by atoms with Crippen molar-refractivity contribution in [3.8, 4) is 11.8 Å². The Morgan fingerprint density at radius 1 is 1.54 bits per heavy atom. The van der Waals surface area contributed by atoms with Gasteiger partial charge in [-0.05, 0) is 26.7 Å². The van der Waals surface area contributed by atoms with Crippen LogP contribution in [0.2, 0.25) is 0 Å². The maximum Gasteiger partial charge on any atom is 0.112 e. The van der Waals surface area contributed by atoms with Gasteiger partial charge in [0.1, 0.15) is 11.5 Å². The highest BCUT2D eigenvalue weighted by Gasteiger charge is 2.04. The minimum absolute atomic E-state index is 0.446. The summed E-state index contributed by atoms with van der Waals surface area (Å²) in [6.07, 6.45) is 1.76. The van der Waals surface area contributed by atoms with E-state index in [1.165, 1.54) is 0 Å². The van der Waals surface area contributed by atoms with Crippen molar-refractivity contribution in [1.82, 2.24) is 9.55 Å². The SMILES string of the molecule is Cc1ncc(C#CC(C)(C)N)n1C. The standard InChI is InChI=1S/C10H15N3/c1-8-12-7-9(13(8)4)5-6-10(2,3)11/h7H,11H2,1-4H3. The van der Waals surface area contributed by atoms with Crippen molar-refractivity contribution >= 4 is 0 Å². The van der Waals surface area contributed by atoms with E-state index in [0.717, 1.165) is 11.5 Å². The molecular formula is C10H15N3. The topological polar surface area (TPSA) is 43.8 Å². The molecule has 0 aliphatic heterocycles. The van der Waals surface area contributed by atoms with Crippen molar-refractivity contribution < 1.29 is 0 Å². The van der Waals surface area contributed by atoms with E-state index >= 15 is 0 Å². The Morgan fingerprint density at radius 2 is 2.15 bits per heavy atom. The normalized spacial score (nSPS) is 10.8. The summed E-state index contributed by atoms with van der Waals surface area (Å²) in [6.45, 7) is 5.70. The molecule has 0 aliphatic carbocycles. The second-order valence-corrected chi connectivity index (χ2v) is 3.72. The van der Waals surface area contributed by atoms with E-state index in [1.54, 1.807) is 6.20 Å². The number of aryl methyl sites for hydroxylation is 1. The first kappa shape index (κ1) is 9.82. The van der Waals surface area contributed by atoms with Crippen LogP contribution in [0.1, 0.15) is 25.4 Å². The van der Waals surface area contributed by atoms with Gasteiger partial charge in [-0.25, -0.2) is 4.98 Å². The van der Waals surface area contributed by atoms with Crippen molar-refractivity contribution in [3.05, 3.63) is 17.7 Å². The summed E-state index contributed by atoms with van der Waals surface area (Å²) in [7, 11) is 1.94. The molecule has 0 saturated carbocycles. The molecule has 0 saturated heterocycles. The van der Waals surface area contributed by atoms with Gasteiger partial charge in [-0.2, -0.15) is 0 Å². The average molecular weight is 177 g/mol. The highest BCUT2D eigenvalue weighted by Crippen LogP contribution is 2.00. The van der Waals surface area contributed by atoms with E-state index in [-0.39, 0.29) is 0 Å². The highest BCUT2D eigenvalue weighted by atomic mass is 15.0. The molecule has 13 heavy (non-hydrogen) atoms. The summed E-state index contributed by atoms with van der Waals surface area (Å²) in [6, 6.07) is 0. The Hall–Kier alpha value is -1.27. The van der Waals surface area contributed by atoms with Crippen LogP contribution in [0, 0.1) is 18.8 Å². The number of hydrogen-bond acceptors (Lipinski definition) is 2. The van der Waals surface area contributed by atoms with Gasteiger partial charge in [0.15, 0.2) is 0 Å². The number of hydrogen-bond donors (Lipinski definition) is 1. The number of aromatic nitrogens is 2. The lowest BCUT2D eigenvalue weighted by atomic mass is 10.1. The largest absolute Gasteiger partial charge is 0.325 e. The van der Waals surface area contributed by atoms with Gasteiger partial charge in [0.05, 0.1) is 11.7 Å². The van der Waals surface area contributed by atoms with Crippen LogP contribution in [0.5, 0.6) is 0 Å². The molecule has 2 N–H and O–H groups in total. The number of imidazole rings is 1. The van der Waals surface area contributed by atoms with Gasteiger partial charge >= 0.3 is 0 Å². The summed E-state index contributed by atoms with van der Waals surface area (Å²) >= 11 is 0. The van der Waals surface area contributed by atoms with Crippen LogP contribution >= 0.6 is 0 Å². The van der Waals surface area contributed by atoms with Gasteiger partial charge in [0.25, 0.3) is 0 Å². The van der Waals surface area contributed by atoms with Crippen LogP contribution in [0.25, 0.3) is 0 Å². The second kappa shape index (κ2) is 3.23. The monoisotopic (exact) mass is 177 g/mol.